The molecule has 4 nitrogen and oxygen atoms in total. The van der Waals surface area contributed by atoms with Crippen LogP contribution in [0.15, 0.2) is 58.8 Å². The third-order valence-corrected chi connectivity index (χ3v) is 2.93. The lowest BCUT2D eigenvalue weighted by atomic mass is 10.00. The van der Waals surface area contributed by atoms with Crippen molar-refractivity contribution in [1.82, 2.24) is 0 Å². The minimum Gasteiger partial charge on any atom is -0.411 e. The van der Waals surface area contributed by atoms with E-state index in [1.54, 1.807) is 0 Å². The van der Waals surface area contributed by atoms with E-state index >= 15 is 0 Å². The molecule has 0 unspecified atom stereocenters. The third kappa shape index (κ3) is 3.62. The molecule has 2 rings (SSSR count). The SMILES string of the molecule is O/N=C(\C/C(=N\O)c1ccc(F)cc1)c1ccc(F)cc1. The fourth-order valence-electron chi connectivity index (χ4n) is 1.83. The molecule has 21 heavy (non-hydrogen) atoms. The molecule has 0 fully saturated rings. The van der Waals surface area contributed by atoms with E-state index in [-0.39, 0.29) is 17.8 Å². The van der Waals surface area contributed by atoms with Crippen molar-refractivity contribution in [2.75, 3.05) is 0 Å². The van der Waals surface area contributed by atoms with Crippen molar-refractivity contribution < 1.29 is 19.2 Å². The second-order valence-electron chi connectivity index (χ2n) is 4.28. The van der Waals surface area contributed by atoms with Gasteiger partial charge in [0.2, 0.25) is 0 Å². The highest BCUT2D eigenvalue weighted by molar-refractivity contribution is 6.17. The first kappa shape index (κ1) is 14.6. The minimum atomic E-state index is -0.411. The van der Waals surface area contributed by atoms with Crippen LogP contribution in [-0.4, -0.2) is 21.8 Å². The first-order chi connectivity index (χ1) is 10.1. The van der Waals surface area contributed by atoms with Gasteiger partial charge in [0, 0.05) is 6.42 Å². The normalized spacial score (nSPS) is 12.5. The van der Waals surface area contributed by atoms with Gasteiger partial charge in [0.25, 0.3) is 0 Å². The van der Waals surface area contributed by atoms with Gasteiger partial charge in [-0.3, -0.25) is 0 Å². The highest BCUT2D eigenvalue weighted by atomic mass is 19.1. The molecule has 0 heterocycles. The van der Waals surface area contributed by atoms with Crippen molar-refractivity contribution >= 4 is 11.4 Å². The smallest absolute Gasteiger partial charge is 0.123 e. The van der Waals surface area contributed by atoms with Crippen LogP contribution in [0.1, 0.15) is 17.5 Å². The van der Waals surface area contributed by atoms with E-state index in [1.165, 1.54) is 48.5 Å². The quantitative estimate of drug-likeness (QED) is 0.515. The number of halogens is 2. The Bertz CT molecular complexity index is 606. The molecule has 0 atom stereocenters. The number of benzene rings is 2. The topological polar surface area (TPSA) is 65.2 Å². The number of hydrogen-bond acceptors (Lipinski definition) is 4. The summed E-state index contributed by atoms with van der Waals surface area (Å²) in [6.45, 7) is 0. The number of rotatable bonds is 4. The average molecular weight is 290 g/mol. The largest absolute Gasteiger partial charge is 0.411 e. The Morgan fingerprint density at radius 2 is 1.05 bits per heavy atom. The highest BCUT2D eigenvalue weighted by Gasteiger charge is 2.12. The summed E-state index contributed by atoms with van der Waals surface area (Å²) in [5.41, 5.74) is 1.38. The van der Waals surface area contributed by atoms with Crippen LogP contribution in [0.3, 0.4) is 0 Å². The second kappa shape index (κ2) is 6.60. The van der Waals surface area contributed by atoms with Crippen LogP contribution in [0.2, 0.25) is 0 Å². The van der Waals surface area contributed by atoms with E-state index in [1.807, 2.05) is 0 Å². The second-order valence-corrected chi connectivity index (χ2v) is 4.28. The van der Waals surface area contributed by atoms with Crippen molar-refractivity contribution in [2.24, 2.45) is 10.3 Å². The summed E-state index contributed by atoms with van der Waals surface area (Å²) in [6, 6.07) is 10.7. The van der Waals surface area contributed by atoms with Gasteiger partial charge in [0.05, 0.1) is 11.4 Å². The zero-order valence-electron chi connectivity index (χ0n) is 10.9. The Hall–Kier alpha value is -2.76. The molecule has 0 saturated heterocycles. The van der Waals surface area contributed by atoms with Crippen molar-refractivity contribution in [3.63, 3.8) is 0 Å². The van der Waals surface area contributed by atoms with Crippen LogP contribution in [0.25, 0.3) is 0 Å². The van der Waals surface area contributed by atoms with E-state index < -0.39 is 11.6 Å². The van der Waals surface area contributed by atoms with Gasteiger partial charge in [-0.25, -0.2) is 8.78 Å². The Labute approximate surface area is 119 Å². The summed E-state index contributed by atoms with van der Waals surface area (Å²) in [4.78, 5) is 0. The maximum Gasteiger partial charge on any atom is 0.123 e. The molecular weight excluding hydrogens is 278 g/mol. The molecule has 0 spiro atoms. The predicted molar refractivity (Wildman–Crippen MR) is 74.1 cm³/mol. The summed E-state index contributed by atoms with van der Waals surface area (Å²) in [5.74, 6) is -0.823. The fourth-order valence-corrected chi connectivity index (χ4v) is 1.83. The molecular formula is C15H12F2N2O2. The zero-order valence-corrected chi connectivity index (χ0v) is 10.9. The van der Waals surface area contributed by atoms with Crippen LogP contribution in [0, 0.1) is 11.6 Å². The predicted octanol–water partition coefficient (Wildman–Crippen LogP) is 3.41. The van der Waals surface area contributed by atoms with Gasteiger partial charge in [0.15, 0.2) is 0 Å². The van der Waals surface area contributed by atoms with Gasteiger partial charge < -0.3 is 10.4 Å². The first-order valence-electron chi connectivity index (χ1n) is 6.08. The van der Waals surface area contributed by atoms with Crippen LogP contribution < -0.4 is 0 Å². The molecule has 0 aliphatic carbocycles. The summed E-state index contributed by atoms with van der Waals surface area (Å²) < 4.78 is 25.8. The average Bonchev–Trinajstić information content (AvgIpc) is 2.51. The summed E-state index contributed by atoms with van der Waals surface area (Å²) in [5, 5.41) is 24.5. The van der Waals surface area contributed by atoms with Gasteiger partial charge >= 0.3 is 0 Å². The van der Waals surface area contributed by atoms with E-state index in [0.717, 1.165) is 0 Å². The van der Waals surface area contributed by atoms with Crippen molar-refractivity contribution in [3.8, 4) is 0 Å². The van der Waals surface area contributed by atoms with E-state index in [0.29, 0.717) is 11.1 Å². The maximum absolute atomic E-state index is 12.9. The van der Waals surface area contributed by atoms with Crippen LogP contribution in [0.5, 0.6) is 0 Å². The summed E-state index contributed by atoms with van der Waals surface area (Å²) in [7, 11) is 0. The van der Waals surface area contributed by atoms with Crippen molar-refractivity contribution in [1.29, 1.82) is 0 Å². The maximum atomic E-state index is 12.9. The molecule has 2 N–H and O–H groups in total. The highest BCUT2D eigenvalue weighted by Crippen LogP contribution is 2.12. The third-order valence-electron chi connectivity index (χ3n) is 2.93. The number of oxime groups is 2. The Morgan fingerprint density at radius 1 is 0.714 bits per heavy atom. The molecule has 0 amide bonds. The summed E-state index contributed by atoms with van der Waals surface area (Å²) in [6.07, 6.45) is 0.00423. The molecule has 0 saturated carbocycles. The lowest BCUT2D eigenvalue weighted by Crippen LogP contribution is -2.11. The zero-order chi connectivity index (χ0) is 15.2. The van der Waals surface area contributed by atoms with Crippen LogP contribution >= 0.6 is 0 Å². The van der Waals surface area contributed by atoms with Crippen LogP contribution in [-0.2, 0) is 0 Å². The molecule has 6 heteroatoms. The first-order valence-corrected chi connectivity index (χ1v) is 6.08. The molecule has 0 aliphatic heterocycles. The van der Waals surface area contributed by atoms with Gasteiger partial charge in [-0.1, -0.05) is 34.6 Å². The standard InChI is InChI=1S/C15H12F2N2O2/c16-12-5-1-10(2-6-12)14(18-20)9-15(19-21)11-3-7-13(17)8-4-11/h1-8,20-21H,9H2/b18-14+,19-15+. The molecule has 0 radical (unpaired) electrons. The molecule has 2 aromatic rings. The Balaban J connectivity index is 2.24. The summed E-state index contributed by atoms with van der Waals surface area (Å²) >= 11 is 0. The van der Waals surface area contributed by atoms with E-state index in [2.05, 4.69) is 10.3 Å². The van der Waals surface area contributed by atoms with E-state index in [9.17, 15) is 8.78 Å². The van der Waals surface area contributed by atoms with Crippen molar-refractivity contribution in [3.05, 3.63) is 71.3 Å². The minimum absolute atomic E-state index is 0.00423. The van der Waals surface area contributed by atoms with E-state index in [4.69, 9.17) is 10.4 Å². The lowest BCUT2D eigenvalue weighted by Gasteiger charge is -2.07. The number of hydrogen-bond donors (Lipinski definition) is 2. The fraction of sp³-hybridized carbons (Fsp3) is 0.0667. The Kier molecular flexibility index (Phi) is 4.61. The monoisotopic (exact) mass is 290 g/mol. The molecule has 2 aromatic carbocycles. The molecule has 0 aromatic heterocycles. The van der Waals surface area contributed by atoms with Gasteiger partial charge in [-0.15, -0.1) is 0 Å². The molecule has 0 aliphatic rings. The van der Waals surface area contributed by atoms with Gasteiger partial charge in [0.1, 0.15) is 11.6 Å². The number of nitrogens with zero attached hydrogens (tertiary/aromatic N) is 2. The van der Waals surface area contributed by atoms with Gasteiger partial charge in [-0.05, 0) is 35.4 Å². The Morgan fingerprint density at radius 3 is 1.33 bits per heavy atom. The molecule has 108 valence electrons. The van der Waals surface area contributed by atoms with Crippen molar-refractivity contribution in [2.45, 2.75) is 6.42 Å². The van der Waals surface area contributed by atoms with Crippen LogP contribution in [0.4, 0.5) is 8.78 Å². The lowest BCUT2D eigenvalue weighted by molar-refractivity contribution is 0.316. The van der Waals surface area contributed by atoms with Gasteiger partial charge in [-0.2, -0.15) is 0 Å². The molecule has 0 bridgehead atoms.